The van der Waals surface area contributed by atoms with Gasteiger partial charge in [-0.15, -0.1) is 10.2 Å². The van der Waals surface area contributed by atoms with Crippen molar-refractivity contribution in [2.45, 2.75) is 25.0 Å². The molecule has 0 saturated heterocycles. The maximum Gasteiger partial charge on any atom is 0.252 e. The van der Waals surface area contributed by atoms with Crippen LogP contribution in [-0.2, 0) is 11.8 Å². The molecular formula is C24H27N5O5S. The largest absolute Gasteiger partial charge is 0.497 e. The number of nitrogens with one attached hydrogen (secondary N) is 2. The number of hydrogen-bond acceptors (Lipinski definition) is 8. The highest BCUT2D eigenvalue weighted by molar-refractivity contribution is 7.99. The van der Waals surface area contributed by atoms with Gasteiger partial charge in [0, 0.05) is 18.3 Å². The van der Waals surface area contributed by atoms with Gasteiger partial charge in [0.25, 0.3) is 5.91 Å². The van der Waals surface area contributed by atoms with Crippen molar-refractivity contribution >= 4 is 29.3 Å². The number of thioether (sulfide) groups is 1. The Morgan fingerprint density at radius 3 is 2.57 bits per heavy atom. The smallest absolute Gasteiger partial charge is 0.252 e. The van der Waals surface area contributed by atoms with E-state index in [9.17, 15) is 9.59 Å². The molecule has 0 saturated carbocycles. The average Bonchev–Trinajstić information content (AvgIpc) is 3.47. The molecule has 2 aromatic carbocycles. The lowest BCUT2D eigenvalue weighted by Gasteiger charge is -2.21. The molecule has 1 aromatic heterocycles. The molecule has 3 aromatic rings. The first-order chi connectivity index (χ1) is 16.9. The Kier molecular flexibility index (Phi) is 7.45. The number of ether oxygens (including phenoxy) is 3. The normalized spacial score (nSPS) is 12.9. The Bertz CT molecular complexity index is 1210. The number of benzene rings is 2. The molecule has 2 heterocycles. The third-order valence-electron chi connectivity index (χ3n) is 5.44. The van der Waals surface area contributed by atoms with Gasteiger partial charge in [-0.2, -0.15) is 0 Å². The van der Waals surface area contributed by atoms with Crippen LogP contribution in [0.4, 0.5) is 5.69 Å². The average molecular weight is 498 g/mol. The summed E-state index contributed by atoms with van der Waals surface area (Å²) in [4.78, 5) is 25.3. The third kappa shape index (κ3) is 5.68. The van der Waals surface area contributed by atoms with Gasteiger partial charge in [0.2, 0.25) is 12.7 Å². The fraction of sp³-hybridized carbons (Fsp3) is 0.333. The molecule has 35 heavy (non-hydrogen) atoms. The van der Waals surface area contributed by atoms with E-state index < -0.39 is 0 Å². The third-order valence-corrected chi connectivity index (χ3v) is 6.46. The van der Waals surface area contributed by atoms with Crippen LogP contribution < -0.4 is 24.8 Å². The van der Waals surface area contributed by atoms with Gasteiger partial charge in [-0.3, -0.25) is 9.59 Å². The van der Waals surface area contributed by atoms with E-state index in [2.05, 4.69) is 20.8 Å². The molecule has 1 aliphatic heterocycles. The van der Waals surface area contributed by atoms with Crippen molar-refractivity contribution in [2.24, 2.45) is 13.0 Å². The molecule has 0 bridgehead atoms. The van der Waals surface area contributed by atoms with E-state index in [4.69, 9.17) is 14.2 Å². The molecule has 4 rings (SSSR count). The lowest BCUT2D eigenvalue weighted by atomic mass is 10.0. The van der Waals surface area contributed by atoms with Crippen molar-refractivity contribution in [2.75, 3.05) is 25.0 Å². The van der Waals surface area contributed by atoms with Crippen LogP contribution in [0.5, 0.6) is 17.2 Å². The zero-order valence-corrected chi connectivity index (χ0v) is 20.7. The molecular weight excluding hydrogens is 470 g/mol. The molecule has 1 atom stereocenters. The van der Waals surface area contributed by atoms with Gasteiger partial charge >= 0.3 is 0 Å². The number of hydrogen-bond donors (Lipinski definition) is 2. The van der Waals surface area contributed by atoms with Crippen molar-refractivity contribution < 1.29 is 23.8 Å². The molecule has 11 heteroatoms. The highest BCUT2D eigenvalue weighted by atomic mass is 32.2. The fourth-order valence-corrected chi connectivity index (χ4v) is 4.23. The Hall–Kier alpha value is -3.73. The zero-order chi connectivity index (χ0) is 24.9. The molecule has 0 radical (unpaired) electrons. The highest BCUT2D eigenvalue weighted by Gasteiger charge is 2.26. The number of aromatic nitrogens is 3. The van der Waals surface area contributed by atoms with Crippen molar-refractivity contribution in [1.82, 2.24) is 20.1 Å². The zero-order valence-electron chi connectivity index (χ0n) is 19.9. The van der Waals surface area contributed by atoms with Crippen LogP contribution in [0.15, 0.2) is 47.6 Å². The Morgan fingerprint density at radius 2 is 1.86 bits per heavy atom. The monoisotopic (exact) mass is 497 g/mol. The number of carbonyl (C=O) groups excluding carboxylic acids is 2. The van der Waals surface area contributed by atoms with E-state index in [0.717, 1.165) is 0 Å². The predicted molar refractivity (Wildman–Crippen MR) is 131 cm³/mol. The van der Waals surface area contributed by atoms with E-state index in [-0.39, 0.29) is 36.3 Å². The van der Waals surface area contributed by atoms with E-state index in [1.165, 1.54) is 11.8 Å². The number of anilines is 1. The van der Waals surface area contributed by atoms with E-state index in [0.29, 0.717) is 39.5 Å². The van der Waals surface area contributed by atoms with Gasteiger partial charge in [0.15, 0.2) is 22.5 Å². The van der Waals surface area contributed by atoms with Crippen molar-refractivity contribution in [3.8, 4) is 17.2 Å². The van der Waals surface area contributed by atoms with Gasteiger partial charge in [-0.1, -0.05) is 25.6 Å². The molecule has 10 nitrogen and oxygen atoms in total. The minimum Gasteiger partial charge on any atom is -0.497 e. The molecule has 184 valence electrons. The molecule has 1 unspecified atom stereocenters. The summed E-state index contributed by atoms with van der Waals surface area (Å²) in [5.41, 5.74) is 1.15. The van der Waals surface area contributed by atoms with E-state index >= 15 is 0 Å². The summed E-state index contributed by atoms with van der Waals surface area (Å²) >= 11 is 1.27. The van der Waals surface area contributed by atoms with E-state index in [1.807, 2.05) is 20.9 Å². The number of nitrogens with zero attached hydrogens (tertiary/aromatic N) is 3. The van der Waals surface area contributed by atoms with Crippen LogP contribution >= 0.6 is 11.8 Å². The highest BCUT2D eigenvalue weighted by Crippen LogP contribution is 2.33. The number of methoxy groups -OCH3 is 1. The lowest BCUT2D eigenvalue weighted by molar-refractivity contribution is -0.113. The second-order valence-corrected chi connectivity index (χ2v) is 9.17. The van der Waals surface area contributed by atoms with Gasteiger partial charge in [-0.25, -0.2) is 0 Å². The van der Waals surface area contributed by atoms with Crippen LogP contribution in [0, 0.1) is 5.92 Å². The topological polar surface area (TPSA) is 117 Å². The Morgan fingerprint density at radius 1 is 1.11 bits per heavy atom. The van der Waals surface area contributed by atoms with Gasteiger partial charge in [0.1, 0.15) is 5.75 Å². The molecule has 2 amide bonds. The number of carbonyl (C=O) groups is 2. The quantitative estimate of drug-likeness (QED) is 0.432. The predicted octanol–water partition coefficient (Wildman–Crippen LogP) is 3.41. The van der Waals surface area contributed by atoms with Crippen LogP contribution in [0.3, 0.4) is 0 Å². The summed E-state index contributed by atoms with van der Waals surface area (Å²) < 4.78 is 17.6. The van der Waals surface area contributed by atoms with E-state index in [1.54, 1.807) is 54.1 Å². The molecule has 2 N–H and O–H groups in total. The molecule has 0 fully saturated rings. The van der Waals surface area contributed by atoms with Gasteiger partial charge < -0.3 is 29.4 Å². The number of amides is 2. The summed E-state index contributed by atoms with van der Waals surface area (Å²) in [7, 11) is 3.41. The first-order valence-corrected chi connectivity index (χ1v) is 12.0. The lowest BCUT2D eigenvalue weighted by Crippen LogP contribution is -2.33. The minimum absolute atomic E-state index is 0.0482. The number of rotatable bonds is 9. The van der Waals surface area contributed by atoms with Crippen molar-refractivity contribution in [3.63, 3.8) is 0 Å². The first-order valence-electron chi connectivity index (χ1n) is 11.0. The summed E-state index contributed by atoms with van der Waals surface area (Å²) in [6, 6.07) is 11.8. The molecule has 0 aliphatic carbocycles. The van der Waals surface area contributed by atoms with Crippen LogP contribution in [0.2, 0.25) is 0 Å². The van der Waals surface area contributed by atoms with Gasteiger partial charge in [-0.05, 0) is 48.4 Å². The maximum absolute atomic E-state index is 12.9. The Labute approximate surface area is 207 Å². The van der Waals surface area contributed by atoms with Crippen molar-refractivity contribution in [1.29, 1.82) is 0 Å². The minimum atomic E-state index is -0.382. The standard InChI is InChI=1S/C24H27N5O5S/c1-14(2)21(26-23(31)15-5-10-18-19(11-15)34-13-33-18)22-27-28-24(29(22)3)35-12-20(30)25-16-6-8-17(32-4)9-7-16/h5-11,14,21H,12-13H2,1-4H3,(H,25,30)(H,26,31). The van der Waals surface area contributed by atoms with Crippen LogP contribution in [0.1, 0.15) is 36.1 Å². The van der Waals surface area contributed by atoms with Gasteiger partial charge in [0.05, 0.1) is 18.9 Å². The first kappa shape index (κ1) is 24.4. The SMILES string of the molecule is COc1ccc(NC(=O)CSc2nnc(C(NC(=O)c3ccc4c(c3)OCO4)C(C)C)n2C)cc1. The Balaban J connectivity index is 1.39. The number of fused-ring (bicyclic) bond motifs is 1. The second kappa shape index (κ2) is 10.7. The molecule has 0 spiro atoms. The van der Waals surface area contributed by atoms with Crippen LogP contribution in [0.25, 0.3) is 0 Å². The van der Waals surface area contributed by atoms with Crippen molar-refractivity contribution in [3.05, 3.63) is 53.9 Å². The second-order valence-electron chi connectivity index (χ2n) is 8.23. The summed E-state index contributed by atoms with van der Waals surface area (Å²) in [5.74, 6) is 2.28. The fourth-order valence-electron chi connectivity index (χ4n) is 3.52. The maximum atomic E-state index is 12.9. The molecule has 1 aliphatic rings. The summed E-state index contributed by atoms with van der Waals surface area (Å²) in [6.45, 7) is 4.13. The van der Waals surface area contributed by atoms with Crippen LogP contribution in [-0.4, -0.2) is 46.2 Å². The summed E-state index contributed by atoms with van der Waals surface area (Å²) in [6.07, 6.45) is 0. The summed E-state index contributed by atoms with van der Waals surface area (Å²) in [5, 5.41) is 15.0.